The third-order valence-electron chi connectivity index (χ3n) is 3.69. The van der Waals surface area contributed by atoms with Crippen molar-refractivity contribution in [3.63, 3.8) is 0 Å². The maximum absolute atomic E-state index is 12.2. The van der Waals surface area contributed by atoms with Crippen LogP contribution in [0.2, 0.25) is 10.0 Å². The lowest BCUT2D eigenvalue weighted by atomic mass is 10.1. The van der Waals surface area contributed by atoms with E-state index in [0.29, 0.717) is 25.5 Å². The summed E-state index contributed by atoms with van der Waals surface area (Å²) in [6, 6.07) is 5.20. The standard InChI is InChI=1S/C16H14Cl2N2O2S2/c17-9-4-2-5-10(18)14(9)23-7-12(21)20-16-13(15(19)22)8-3-1-6-11(8)24-16/h2,4-5H,1,3,6-7H2,(H2,19,22)(H,20,21). The zero-order chi connectivity index (χ0) is 17.3. The lowest BCUT2D eigenvalue weighted by molar-refractivity contribution is -0.113. The van der Waals surface area contributed by atoms with E-state index in [2.05, 4.69) is 5.32 Å². The number of carbonyl (C=O) groups is 2. The first kappa shape index (κ1) is 17.6. The Morgan fingerprint density at radius 3 is 2.62 bits per heavy atom. The Labute approximate surface area is 157 Å². The highest BCUT2D eigenvalue weighted by Gasteiger charge is 2.26. The number of thioether (sulfide) groups is 1. The van der Waals surface area contributed by atoms with Crippen LogP contribution >= 0.6 is 46.3 Å². The summed E-state index contributed by atoms with van der Waals surface area (Å²) in [7, 11) is 0. The van der Waals surface area contributed by atoms with Gasteiger partial charge in [-0.1, -0.05) is 29.3 Å². The number of hydrogen-bond acceptors (Lipinski definition) is 4. The third-order valence-corrected chi connectivity index (χ3v) is 6.88. The highest BCUT2D eigenvalue weighted by molar-refractivity contribution is 8.00. The van der Waals surface area contributed by atoms with Crippen LogP contribution in [0.1, 0.15) is 27.2 Å². The Bertz CT molecular complexity index is 800. The molecule has 8 heteroatoms. The van der Waals surface area contributed by atoms with Crippen molar-refractivity contribution in [3.8, 4) is 0 Å². The summed E-state index contributed by atoms with van der Waals surface area (Å²) < 4.78 is 0. The molecule has 1 aliphatic carbocycles. The van der Waals surface area contributed by atoms with Gasteiger partial charge in [0.05, 0.1) is 21.4 Å². The van der Waals surface area contributed by atoms with Gasteiger partial charge in [-0.05, 0) is 37.0 Å². The predicted octanol–water partition coefficient (Wildman–Crippen LogP) is 4.37. The summed E-state index contributed by atoms with van der Waals surface area (Å²) >= 11 is 14.9. The van der Waals surface area contributed by atoms with Crippen LogP contribution < -0.4 is 11.1 Å². The minimum atomic E-state index is -0.494. The monoisotopic (exact) mass is 400 g/mol. The average Bonchev–Trinajstić information content (AvgIpc) is 3.06. The molecule has 0 atom stereocenters. The number of nitrogens with two attached hydrogens (primary N) is 1. The quantitative estimate of drug-likeness (QED) is 0.731. The fourth-order valence-corrected chi connectivity index (χ4v) is 5.47. The number of rotatable bonds is 5. The van der Waals surface area contributed by atoms with Crippen molar-refractivity contribution in [2.45, 2.75) is 24.2 Å². The summed E-state index contributed by atoms with van der Waals surface area (Å²) in [5.74, 6) is -0.575. The number of aryl methyl sites for hydroxylation is 1. The first-order chi connectivity index (χ1) is 11.5. The molecule has 1 aromatic heterocycles. The molecule has 1 heterocycles. The van der Waals surface area contributed by atoms with Gasteiger partial charge < -0.3 is 11.1 Å². The molecule has 0 spiro atoms. The van der Waals surface area contributed by atoms with Gasteiger partial charge in [0.15, 0.2) is 0 Å². The summed E-state index contributed by atoms with van der Waals surface area (Å²) in [6.45, 7) is 0. The molecule has 0 fully saturated rings. The normalized spacial score (nSPS) is 12.9. The van der Waals surface area contributed by atoms with E-state index in [4.69, 9.17) is 28.9 Å². The van der Waals surface area contributed by atoms with Crippen LogP contribution in [-0.4, -0.2) is 17.6 Å². The van der Waals surface area contributed by atoms with Crippen LogP contribution in [-0.2, 0) is 17.6 Å². The maximum atomic E-state index is 12.2. The first-order valence-corrected chi connectivity index (χ1v) is 9.84. The molecule has 126 valence electrons. The first-order valence-electron chi connectivity index (χ1n) is 7.28. The van der Waals surface area contributed by atoms with Crippen molar-refractivity contribution in [1.82, 2.24) is 0 Å². The molecule has 0 radical (unpaired) electrons. The largest absolute Gasteiger partial charge is 0.365 e. The number of carbonyl (C=O) groups excluding carboxylic acids is 2. The van der Waals surface area contributed by atoms with Gasteiger partial charge in [-0.25, -0.2) is 0 Å². The number of fused-ring (bicyclic) bond motifs is 1. The second kappa shape index (κ2) is 7.35. The fraction of sp³-hybridized carbons (Fsp3) is 0.250. The minimum Gasteiger partial charge on any atom is -0.365 e. The van der Waals surface area contributed by atoms with Crippen molar-refractivity contribution in [2.75, 3.05) is 11.1 Å². The van der Waals surface area contributed by atoms with E-state index in [1.807, 2.05) is 0 Å². The Morgan fingerprint density at radius 2 is 1.96 bits per heavy atom. The highest BCUT2D eigenvalue weighted by Crippen LogP contribution is 2.39. The number of amides is 2. The third kappa shape index (κ3) is 3.57. The lowest BCUT2D eigenvalue weighted by Gasteiger charge is -2.08. The Morgan fingerprint density at radius 1 is 1.25 bits per heavy atom. The molecule has 4 nitrogen and oxygen atoms in total. The van der Waals surface area contributed by atoms with Gasteiger partial charge in [-0.15, -0.1) is 23.1 Å². The average molecular weight is 401 g/mol. The number of primary amides is 1. The Hall–Kier alpha value is -1.21. The lowest BCUT2D eigenvalue weighted by Crippen LogP contribution is -2.18. The summed E-state index contributed by atoms with van der Waals surface area (Å²) in [5, 5.41) is 4.36. The number of thiophene rings is 1. The highest BCUT2D eigenvalue weighted by atomic mass is 35.5. The second-order valence-electron chi connectivity index (χ2n) is 5.31. The van der Waals surface area contributed by atoms with Gasteiger partial charge in [-0.3, -0.25) is 9.59 Å². The van der Waals surface area contributed by atoms with Crippen LogP contribution in [0.4, 0.5) is 5.00 Å². The van der Waals surface area contributed by atoms with Gasteiger partial charge in [0.2, 0.25) is 5.91 Å². The smallest absolute Gasteiger partial charge is 0.251 e. The number of halogens is 2. The zero-order valence-corrected chi connectivity index (χ0v) is 15.7. The molecular weight excluding hydrogens is 387 g/mol. The van der Waals surface area contributed by atoms with Crippen LogP contribution in [0.15, 0.2) is 23.1 Å². The van der Waals surface area contributed by atoms with Crippen LogP contribution in [0.3, 0.4) is 0 Å². The number of hydrogen-bond donors (Lipinski definition) is 2. The summed E-state index contributed by atoms with van der Waals surface area (Å²) in [4.78, 5) is 25.8. The molecule has 2 aromatic rings. The van der Waals surface area contributed by atoms with Crippen molar-refractivity contribution in [2.24, 2.45) is 5.73 Å². The fourth-order valence-electron chi connectivity index (χ4n) is 2.67. The van der Waals surface area contributed by atoms with Gasteiger partial charge in [0.1, 0.15) is 5.00 Å². The molecule has 1 aliphatic rings. The molecule has 0 unspecified atom stereocenters. The van der Waals surface area contributed by atoms with Gasteiger partial charge >= 0.3 is 0 Å². The molecule has 2 amide bonds. The predicted molar refractivity (Wildman–Crippen MR) is 101 cm³/mol. The molecule has 24 heavy (non-hydrogen) atoms. The molecule has 0 aliphatic heterocycles. The van der Waals surface area contributed by atoms with Gasteiger partial charge in [-0.2, -0.15) is 0 Å². The van der Waals surface area contributed by atoms with E-state index in [1.165, 1.54) is 23.1 Å². The Balaban J connectivity index is 1.71. The van der Waals surface area contributed by atoms with E-state index in [0.717, 1.165) is 29.7 Å². The molecule has 3 rings (SSSR count). The number of anilines is 1. The van der Waals surface area contributed by atoms with Crippen LogP contribution in [0, 0.1) is 0 Å². The molecule has 3 N–H and O–H groups in total. The van der Waals surface area contributed by atoms with E-state index in [-0.39, 0.29) is 11.7 Å². The number of nitrogens with one attached hydrogen (secondary N) is 1. The SMILES string of the molecule is NC(=O)c1c(NC(=O)CSc2c(Cl)cccc2Cl)sc2c1CCC2. The number of benzene rings is 1. The molecular formula is C16H14Cl2N2O2S2. The topological polar surface area (TPSA) is 72.2 Å². The molecule has 0 saturated carbocycles. The molecule has 0 bridgehead atoms. The Kier molecular flexibility index (Phi) is 5.39. The van der Waals surface area contributed by atoms with E-state index < -0.39 is 5.91 Å². The van der Waals surface area contributed by atoms with Crippen LogP contribution in [0.25, 0.3) is 0 Å². The van der Waals surface area contributed by atoms with E-state index in [1.54, 1.807) is 18.2 Å². The minimum absolute atomic E-state index is 0.143. The van der Waals surface area contributed by atoms with Crippen molar-refractivity contribution >= 4 is 63.1 Å². The van der Waals surface area contributed by atoms with Crippen molar-refractivity contribution in [1.29, 1.82) is 0 Å². The van der Waals surface area contributed by atoms with Crippen molar-refractivity contribution in [3.05, 3.63) is 44.2 Å². The van der Waals surface area contributed by atoms with Crippen LogP contribution in [0.5, 0.6) is 0 Å². The molecule has 1 aromatic carbocycles. The second-order valence-corrected chi connectivity index (χ2v) is 8.22. The molecule has 0 saturated heterocycles. The maximum Gasteiger partial charge on any atom is 0.251 e. The van der Waals surface area contributed by atoms with Gasteiger partial charge in [0, 0.05) is 9.77 Å². The van der Waals surface area contributed by atoms with Crippen molar-refractivity contribution < 1.29 is 9.59 Å². The van der Waals surface area contributed by atoms with Gasteiger partial charge in [0.25, 0.3) is 5.91 Å². The van der Waals surface area contributed by atoms with E-state index in [9.17, 15) is 9.59 Å². The zero-order valence-electron chi connectivity index (χ0n) is 12.5. The summed E-state index contributed by atoms with van der Waals surface area (Å²) in [5.41, 5.74) is 6.94. The van der Waals surface area contributed by atoms with E-state index >= 15 is 0 Å². The summed E-state index contributed by atoms with van der Waals surface area (Å²) in [6.07, 6.45) is 2.79.